The van der Waals surface area contributed by atoms with Crippen molar-refractivity contribution < 1.29 is 22.8 Å². The van der Waals surface area contributed by atoms with E-state index in [-0.39, 0.29) is 0 Å². The summed E-state index contributed by atoms with van der Waals surface area (Å²) in [6.45, 7) is 12.8. The Labute approximate surface area is 149 Å². The third-order valence-electron chi connectivity index (χ3n) is 4.29. The molecular weight excluding hydrogens is 324 g/mol. The van der Waals surface area contributed by atoms with Gasteiger partial charge in [-0.3, -0.25) is 0 Å². The first-order valence-corrected chi connectivity index (χ1v) is 11.7. The van der Waals surface area contributed by atoms with Crippen molar-refractivity contribution in [1.82, 2.24) is 0 Å². The standard InChI is InChI=1S/C18H38O5Si/c1-5-9-11-17(6-2)14-23-24(21-7-3,22-8-4)13-10-12-19-15-18-16-20-18/h17-18H,5-16H2,1-4H3. The summed E-state index contributed by atoms with van der Waals surface area (Å²) in [7, 11) is -2.59. The van der Waals surface area contributed by atoms with Crippen molar-refractivity contribution in [1.29, 1.82) is 0 Å². The molecule has 24 heavy (non-hydrogen) atoms. The van der Waals surface area contributed by atoms with E-state index < -0.39 is 8.80 Å². The molecule has 0 aromatic carbocycles. The molecule has 1 aliphatic heterocycles. The summed E-state index contributed by atoms with van der Waals surface area (Å²) in [5, 5.41) is 0. The lowest BCUT2D eigenvalue weighted by Gasteiger charge is -2.30. The Morgan fingerprint density at radius 1 is 1.04 bits per heavy atom. The second-order valence-electron chi connectivity index (χ2n) is 6.41. The van der Waals surface area contributed by atoms with E-state index in [1.54, 1.807) is 0 Å². The van der Waals surface area contributed by atoms with E-state index in [2.05, 4.69) is 13.8 Å². The van der Waals surface area contributed by atoms with Crippen LogP contribution >= 0.6 is 0 Å². The zero-order valence-electron chi connectivity index (χ0n) is 16.2. The van der Waals surface area contributed by atoms with E-state index in [0.717, 1.165) is 32.1 Å². The molecule has 144 valence electrons. The smallest absolute Gasteiger partial charge is 0.379 e. The number of ether oxygens (including phenoxy) is 2. The molecule has 1 saturated heterocycles. The van der Waals surface area contributed by atoms with Gasteiger partial charge in [0.2, 0.25) is 0 Å². The molecule has 0 amide bonds. The van der Waals surface area contributed by atoms with Gasteiger partial charge in [-0.15, -0.1) is 0 Å². The predicted octanol–water partition coefficient (Wildman–Crippen LogP) is 4.04. The lowest BCUT2D eigenvalue weighted by molar-refractivity contribution is 0.0483. The van der Waals surface area contributed by atoms with Gasteiger partial charge < -0.3 is 22.8 Å². The molecule has 0 aliphatic carbocycles. The predicted molar refractivity (Wildman–Crippen MR) is 98.2 cm³/mol. The van der Waals surface area contributed by atoms with Gasteiger partial charge in [-0.05, 0) is 32.6 Å². The van der Waals surface area contributed by atoms with Crippen LogP contribution in [0.1, 0.15) is 59.8 Å². The molecule has 1 rings (SSSR count). The monoisotopic (exact) mass is 362 g/mol. The summed E-state index contributed by atoms with van der Waals surface area (Å²) >= 11 is 0. The Balaban J connectivity index is 2.41. The molecule has 0 bridgehead atoms. The molecule has 5 nitrogen and oxygen atoms in total. The van der Waals surface area contributed by atoms with E-state index in [9.17, 15) is 0 Å². The summed E-state index contributed by atoms with van der Waals surface area (Å²) in [6, 6.07) is 0.824. The van der Waals surface area contributed by atoms with Gasteiger partial charge in [-0.1, -0.05) is 33.1 Å². The molecule has 2 atom stereocenters. The molecular formula is C18H38O5Si. The van der Waals surface area contributed by atoms with Crippen LogP contribution in [0.2, 0.25) is 6.04 Å². The average Bonchev–Trinajstić information content (AvgIpc) is 3.39. The first kappa shape index (κ1) is 22.1. The molecule has 0 radical (unpaired) electrons. The fraction of sp³-hybridized carbons (Fsp3) is 1.00. The Morgan fingerprint density at radius 3 is 2.29 bits per heavy atom. The van der Waals surface area contributed by atoms with Crippen molar-refractivity contribution >= 4 is 8.80 Å². The van der Waals surface area contributed by atoms with Crippen molar-refractivity contribution in [3.8, 4) is 0 Å². The molecule has 0 N–H and O–H groups in total. The minimum atomic E-state index is -2.59. The minimum absolute atomic E-state index is 0.325. The highest BCUT2D eigenvalue weighted by Gasteiger charge is 2.40. The zero-order chi connectivity index (χ0) is 17.7. The maximum Gasteiger partial charge on any atom is 0.501 e. The maximum atomic E-state index is 6.31. The second-order valence-corrected chi connectivity index (χ2v) is 9.14. The topological polar surface area (TPSA) is 49.5 Å². The van der Waals surface area contributed by atoms with Crippen molar-refractivity contribution in [2.45, 2.75) is 71.9 Å². The summed E-state index contributed by atoms with van der Waals surface area (Å²) in [6.07, 6.45) is 6.10. The third-order valence-corrected chi connectivity index (χ3v) is 7.32. The van der Waals surface area contributed by atoms with Gasteiger partial charge in [-0.2, -0.15) is 0 Å². The van der Waals surface area contributed by atoms with E-state index >= 15 is 0 Å². The van der Waals surface area contributed by atoms with Crippen molar-refractivity contribution in [2.75, 3.05) is 39.6 Å². The maximum absolute atomic E-state index is 6.31. The molecule has 0 aromatic heterocycles. The molecule has 2 unspecified atom stereocenters. The van der Waals surface area contributed by atoms with Gasteiger partial charge in [0.15, 0.2) is 0 Å². The van der Waals surface area contributed by atoms with E-state index in [0.29, 0.717) is 38.4 Å². The Hall–Kier alpha value is 0.0169. The van der Waals surface area contributed by atoms with E-state index in [4.69, 9.17) is 22.8 Å². The number of unbranched alkanes of at least 4 members (excludes halogenated alkanes) is 1. The molecule has 0 aromatic rings. The number of hydrogen-bond acceptors (Lipinski definition) is 5. The summed E-state index contributed by atoms with van der Waals surface area (Å²) in [5.74, 6) is 0.598. The van der Waals surface area contributed by atoms with E-state index in [1.807, 2.05) is 13.8 Å². The number of rotatable bonds is 17. The van der Waals surface area contributed by atoms with Crippen LogP contribution < -0.4 is 0 Å². The van der Waals surface area contributed by atoms with Gasteiger partial charge in [0.25, 0.3) is 0 Å². The Kier molecular flexibility index (Phi) is 12.2. The largest absolute Gasteiger partial charge is 0.501 e. The average molecular weight is 363 g/mol. The number of hydrogen-bond donors (Lipinski definition) is 0. The van der Waals surface area contributed by atoms with Crippen LogP contribution in [0.15, 0.2) is 0 Å². The van der Waals surface area contributed by atoms with Crippen LogP contribution in [0.5, 0.6) is 0 Å². The van der Waals surface area contributed by atoms with Gasteiger partial charge in [-0.25, -0.2) is 0 Å². The van der Waals surface area contributed by atoms with Crippen LogP contribution in [-0.4, -0.2) is 54.5 Å². The quantitative estimate of drug-likeness (QED) is 0.222. The Bertz CT molecular complexity index is 293. The lowest BCUT2D eigenvalue weighted by Crippen LogP contribution is -2.47. The summed E-state index contributed by atoms with van der Waals surface area (Å²) in [5.41, 5.74) is 0. The first-order chi connectivity index (χ1) is 11.7. The molecule has 1 heterocycles. The van der Waals surface area contributed by atoms with Crippen molar-refractivity contribution in [2.24, 2.45) is 5.92 Å². The highest BCUT2D eigenvalue weighted by Crippen LogP contribution is 2.22. The van der Waals surface area contributed by atoms with Crippen molar-refractivity contribution in [3.05, 3.63) is 0 Å². The molecule has 1 fully saturated rings. The fourth-order valence-electron chi connectivity index (χ4n) is 2.69. The zero-order valence-corrected chi connectivity index (χ0v) is 17.2. The third kappa shape index (κ3) is 9.49. The van der Waals surface area contributed by atoms with Crippen LogP contribution in [0.4, 0.5) is 0 Å². The molecule has 0 spiro atoms. The normalized spacial score (nSPS) is 18.8. The van der Waals surface area contributed by atoms with Crippen LogP contribution in [0.25, 0.3) is 0 Å². The minimum Gasteiger partial charge on any atom is -0.379 e. The summed E-state index contributed by atoms with van der Waals surface area (Å²) in [4.78, 5) is 0. The van der Waals surface area contributed by atoms with Crippen molar-refractivity contribution in [3.63, 3.8) is 0 Å². The van der Waals surface area contributed by atoms with Gasteiger partial charge >= 0.3 is 8.80 Å². The highest BCUT2D eigenvalue weighted by atomic mass is 28.4. The second kappa shape index (κ2) is 13.3. The lowest BCUT2D eigenvalue weighted by atomic mass is 10.0. The first-order valence-electron chi connectivity index (χ1n) is 9.80. The SMILES string of the molecule is CCCCC(CC)CO[Si](CCCOCC1CO1)(OCC)OCC. The van der Waals surface area contributed by atoms with Gasteiger partial charge in [0.05, 0.1) is 13.2 Å². The highest BCUT2D eigenvalue weighted by molar-refractivity contribution is 6.60. The fourth-order valence-corrected chi connectivity index (χ4v) is 5.32. The van der Waals surface area contributed by atoms with E-state index in [1.165, 1.54) is 19.3 Å². The van der Waals surface area contributed by atoms with Gasteiger partial charge in [0, 0.05) is 32.5 Å². The van der Waals surface area contributed by atoms with Crippen LogP contribution in [0, 0.1) is 5.92 Å². The van der Waals surface area contributed by atoms with Gasteiger partial charge in [0.1, 0.15) is 6.10 Å². The van der Waals surface area contributed by atoms with Crippen LogP contribution in [-0.2, 0) is 22.8 Å². The molecule has 1 aliphatic rings. The number of epoxide rings is 1. The molecule has 6 heteroatoms. The Morgan fingerprint density at radius 2 is 1.75 bits per heavy atom. The molecule has 0 saturated carbocycles. The van der Waals surface area contributed by atoms with Crippen LogP contribution in [0.3, 0.4) is 0 Å². The summed E-state index contributed by atoms with van der Waals surface area (Å²) < 4.78 is 29.2.